The Labute approximate surface area is 129 Å². The van der Waals surface area contributed by atoms with Crippen LogP contribution in [0.1, 0.15) is 22.7 Å². The minimum Gasteiger partial charge on any atom is -0.382 e. The first kappa shape index (κ1) is 15.1. The van der Waals surface area contributed by atoms with Gasteiger partial charge in [-0.05, 0) is 42.7 Å². The highest BCUT2D eigenvalue weighted by atomic mass is 79.9. The molecule has 20 heavy (non-hydrogen) atoms. The van der Waals surface area contributed by atoms with Crippen molar-refractivity contribution in [2.24, 2.45) is 0 Å². The van der Waals surface area contributed by atoms with Gasteiger partial charge in [-0.25, -0.2) is 0 Å². The minimum absolute atomic E-state index is 0.154. The number of rotatable bonds is 5. The molecule has 1 atom stereocenters. The number of nitrogens with one attached hydrogen (secondary N) is 1. The van der Waals surface area contributed by atoms with Crippen LogP contribution < -0.4 is 5.32 Å². The molecular weight excluding hydrogens is 314 g/mol. The average molecular weight is 334 g/mol. The molecule has 0 saturated carbocycles. The fourth-order valence-corrected chi connectivity index (χ4v) is 2.53. The summed E-state index contributed by atoms with van der Waals surface area (Å²) < 4.78 is 6.52. The van der Waals surface area contributed by atoms with E-state index in [1.54, 1.807) is 7.11 Å². The zero-order valence-electron chi connectivity index (χ0n) is 12.1. The van der Waals surface area contributed by atoms with Crippen LogP contribution in [0.4, 0.5) is 5.69 Å². The number of methoxy groups -OCH3 is 1. The van der Waals surface area contributed by atoms with E-state index in [-0.39, 0.29) is 6.04 Å². The van der Waals surface area contributed by atoms with Crippen LogP contribution in [-0.4, -0.2) is 13.7 Å². The zero-order valence-corrected chi connectivity index (χ0v) is 13.7. The van der Waals surface area contributed by atoms with Gasteiger partial charge >= 0.3 is 0 Å². The Morgan fingerprint density at radius 3 is 2.25 bits per heavy atom. The second-order valence-electron chi connectivity index (χ2n) is 4.99. The Bertz CT molecular complexity index is 545. The van der Waals surface area contributed by atoms with Crippen LogP contribution in [0.2, 0.25) is 0 Å². The smallest absolute Gasteiger partial charge is 0.0747 e. The summed E-state index contributed by atoms with van der Waals surface area (Å²) in [5.74, 6) is 0. The van der Waals surface area contributed by atoms with Crippen molar-refractivity contribution in [1.82, 2.24) is 0 Å². The van der Waals surface area contributed by atoms with Gasteiger partial charge < -0.3 is 10.1 Å². The van der Waals surface area contributed by atoms with E-state index < -0.39 is 0 Å². The van der Waals surface area contributed by atoms with Gasteiger partial charge in [-0.1, -0.05) is 46.3 Å². The molecule has 106 valence electrons. The summed E-state index contributed by atoms with van der Waals surface area (Å²) in [6.45, 7) is 4.85. The third-order valence-corrected chi connectivity index (χ3v) is 4.56. The van der Waals surface area contributed by atoms with Crippen LogP contribution in [0, 0.1) is 13.8 Å². The lowest BCUT2D eigenvalue weighted by Crippen LogP contribution is -2.16. The lowest BCUT2D eigenvalue weighted by atomic mass is 10.1. The fourth-order valence-electron chi connectivity index (χ4n) is 2.30. The van der Waals surface area contributed by atoms with E-state index in [9.17, 15) is 0 Å². The van der Waals surface area contributed by atoms with Gasteiger partial charge in [-0.15, -0.1) is 0 Å². The van der Waals surface area contributed by atoms with E-state index in [1.807, 2.05) is 6.07 Å². The molecule has 0 fully saturated rings. The SMILES string of the molecule is COCC(Nc1cc(C)c(Br)c(C)c1)c1ccccc1. The molecule has 0 radical (unpaired) electrons. The number of hydrogen-bond acceptors (Lipinski definition) is 2. The monoisotopic (exact) mass is 333 g/mol. The molecule has 0 aliphatic heterocycles. The van der Waals surface area contributed by atoms with Gasteiger partial charge in [0.15, 0.2) is 0 Å². The van der Waals surface area contributed by atoms with Crippen LogP contribution in [0.5, 0.6) is 0 Å². The van der Waals surface area contributed by atoms with Gasteiger partial charge in [0.1, 0.15) is 0 Å². The van der Waals surface area contributed by atoms with E-state index in [2.05, 4.69) is 71.5 Å². The van der Waals surface area contributed by atoms with Crippen LogP contribution in [0.15, 0.2) is 46.9 Å². The third kappa shape index (κ3) is 3.62. The topological polar surface area (TPSA) is 21.3 Å². The number of hydrogen-bond donors (Lipinski definition) is 1. The summed E-state index contributed by atoms with van der Waals surface area (Å²) in [4.78, 5) is 0. The maximum absolute atomic E-state index is 5.34. The molecule has 2 aromatic rings. The van der Waals surface area contributed by atoms with Gasteiger partial charge in [-0.3, -0.25) is 0 Å². The van der Waals surface area contributed by atoms with E-state index in [0.29, 0.717) is 6.61 Å². The molecule has 0 heterocycles. The second-order valence-corrected chi connectivity index (χ2v) is 5.78. The molecule has 2 aromatic carbocycles. The summed E-state index contributed by atoms with van der Waals surface area (Å²) in [6.07, 6.45) is 0. The number of ether oxygens (including phenoxy) is 1. The maximum Gasteiger partial charge on any atom is 0.0747 e. The van der Waals surface area contributed by atoms with E-state index >= 15 is 0 Å². The largest absolute Gasteiger partial charge is 0.382 e. The van der Waals surface area contributed by atoms with Crippen molar-refractivity contribution in [3.63, 3.8) is 0 Å². The summed E-state index contributed by atoms with van der Waals surface area (Å²) in [5.41, 5.74) is 4.81. The lowest BCUT2D eigenvalue weighted by Gasteiger charge is -2.20. The molecule has 2 rings (SSSR count). The van der Waals surface area contributed by atoms with E-state index in [1.165, 1.54) is 21.2 Å². The van der Waals surface area contributed by atoms with Crippen LogP contribution >= 0.6 is 15.9 Å². The molecule has 3 heteroatoms. The molecule has 0 amide bonds. The maximum atomic E-state index is 5.34. The van der Waals surface area contributed by atoms with Crippen molar-refractivity contribution in [2.45, 2.75) is 19.9 Å². The number of anilines is 1. The quantitative estimate of drug-likeness (QED) is 0.843. The molecule has 1 N–H and O–H groups in total. The van der Waals surface area contributed by atoms with Crippen molar-refractivity contribution >= 4 is 21.6 Å². The Morgan fingerprint density at radius 1 is 1.10 bits per heavy atom. The molecular formula is C17H20BrNO. The van der Waals surface area contributed by atoms with Gasteiger partial charge in [0.2, 0.25) is 0 Å². The first-order chi connectivity index (χ1) is 9.61. The predicted octanol–water partition coefficient (Wildman–Crippen LogP) is 4.87. The number of aryl methyl sites for hydroxylation is 2. The molecule has 0 aliphatic rings. The second kappa shape index (κ2) is 6.91. The Hall–Kier alpha value is -1.32. The van der Waals surface area contributed by atoms with Gasteiger partial charge in [0.25, 0.3) is 0 Å². The predicted molar refractivity (Wildman–Crippen MR) is 88.3 cm³/mol. The number of benzene rings is 2. The van der Waals surface area contributed by atoms with Crippen LogP contribution in [0.25, 0.3) is 0 Å². The summed E-state index contributed by atoms with van der Waals surface area (Å²) >= 11 is 3.60. The molecule has 0 bridgehead atoms. The first-order valence-electron chi connectivity index (χ1n) is 6.69. The van der Waals surface area contributed by atoms with Crippen molar-refractivity contribution in [3.05, 3.63) is 63.6 Å². The summed E-state index contributed by atoms with van der Waals surface area (Å²) in [7, 11) is 1.73. The van der Waals surface area contributed by atoms with Crippen LogP contribution in [0.3, 0.4) is 0 Å². The van der Waals surface area contributed by atoms with Crippen LogP contribution in [-0.2, 0) is 4.74 Å². The minimum atomic E-state index is 0.154. The Kier molecular flexibility index (Phi) is 5.21. The standard InChI is InChI=1S/C17H20BrNO/c1-12-9-15(10-13(2)17(12)18)19-16(11-20-3)14-7-5-4-6-8-14/h4-10,16,19H,11H2,1-3H3. The molecule has 2 nitrogen and oxygen atoms in total. The first-order valence-corrected chi connectivity index (χ1v) is 7.48. The molecule has 0 aliphatic carbocycles. The normalized spacial score (nSPS) is 12.2. The summed E-state index contributed by atoms with van der Waals surface area (Å²) in [5, 5.41) is 3.56. The number of halogens is 1. The molecule has 0 saturated heterocycles. The van der Waals surface area contributed by atoms with Crippen molar-refractivity contribution in [3.8, 4) is 0 Å². The zero-order chi connectivity index (χ0) is 14.5. The highest BCUT2D eigenvalue weighted by molar-refractivity contribution is 9.10. The van der Waals surface area contributed by atoms with Gasteiger partial charge in [0.05, 0.1) is 12.6 Å². The Balaban J connectivity index is 2.25. The van der Waals surface area contributed by atoms with Crippen molar-refractivity contribution in [2.75, 3.05) is 19.0 Å². The van der Waals surface area contributed by atoms with E-state index in [0.717, 1.165) is 5.69 Å². The average Bonchev–Trinajstić information content (AvgIpc) is 2.45. The summed E-state index contributed by atoms with van der Waals surface area (Å²) in [6, 6.07) is 14.8. The molecule has 0 aromatic heterocycles. The van der Waals surface area contributed by atoms with Crippen molar-refractivity contribution in [1.29, 1.82) is 0 Å². The highest BCUT2D eigenvalue weighted by Gasteiger charge is 2.12. The third-order valence-electron chi connectivity index (χ3n) is 3.31. The van der Waals surface area contributed by atoms with Gasteiger partial charge in [-0.2, -0.15) is 0 Å². The van der Waals surface area contributed by atoms with Gasteiger partial charge in [0, 0.05) is 17.3 Å². The molecule has 0 spiro atoms. The lowest BCUT2D eigenvalue weighted by molar-refractivity contribution is 0.186. The fraction of sp³-hybridized carbons (Fsp3) is 0.294. The highest BCUT2D eigenvalue weighted by Crippen LogP contribution is 2.27. The molecule has 1 unspecified atom stereocenters. The van der Waals surface area contributed by atoms with E-state index in [4.69, 9.17) is 4.74 Å². The Morgan fingerprint density at radius 2 is 1.70 bits per heavy atom. The van der Waals surface area contributed by atoms with Crippen molar-refractivity contribution < 1.29 is 4.74 Å².